The van der Waals surface area contributed by atoms with Gasteiger partial charge >= 0.3 is 0 Å². The Hall–Kier alpha value is -0.790. The molecule has 0 N–H and O–H groups in total. The standard InChI is InChI=1S/C12H18O2/c1-14-11-8-4-7-10(13)12(11)9-5-2-3-6-9/h8-9,12H,2-7H2,1H3. The van der Waals surface area contributed by atoms with Crippen molar-refractivity contribution in [3.8, 4) is 0 Å². The second kappa shape index (κ2) is 4.16. The van der Waals surface area contributed by atoms with Crippen molar-refractivity contribution < 1.29 is 9.53 Å². The quantitative estimate of drug-likeness (QED) is 0.675. The Balaban J connectivity index is 2.15. The third-order valence-corrected chi connectivity index (χ3v) is 3.50. The lowest BCUT2D eigenvalue weighted by molar-refractivity contribution is -0.124. The second-order valence-corrected chi connectivity index (χ2v) is 4.34. The number of hydrogen-bond donors (Lipinski definition) is 0. The van der Waals surface area contributed by atoms with E-state index in [-0.39, 0.29) is 5.92 Å². The largest absolute Gasteiger partial charge is 0.501 e. The Morgan fingerprint density at radius 2 is 2.07 bits per heavy atom. The van der Waals surface area contributed by atoms with E-state index in [1.54, 1.807) is 7.11 Å². The fourth-order valence-corrected chi connectivity index (χ4v) is 2.79. The van der Waals surface area contributed by atoms with E-state index < -0.39 is 0 Å². The molecule has 0 aliphatic heterocycles. The molecule has 2 aliphatic rings. The number of allylic oxidation sites excluding steroid dienone is 2. The number of rotatable bonds is 2. The normalized spacial score (nSPS) is 29.1. The van der Waals surface area contributed by atoms with Crippen molar-refractivity contribution in [2.45, 2.75) is 38.5 Å². The molecule has 1 saturated carbocycles. The van der Waals surface area contributed by atoms with E-state index in [0.29, 0.717) is 18.1 Å². The minimum Gasteiger partial charge on any atom is -0.501 e. The van der Waals surface area contributed by atoms with Crippen LogP contribution in [0, 0.1) is 11.8 Å². The zero-order valence-corrected chi connectivity index (χ0v) is 8.79. The Labute approximate surface area is 85.3 Å². The van der Waals surface area contributed by atoms with Crippen molar-refractivity contribution in [1.29, 1.82) is 0 Å². The highest BCUT2D eigenvalue weighted by Gasteiger charge is 2.35. The first-order valence-corrected chi connectivity index (χ1v) is 5.59. The predicted molar refractivity (Wildman–Crippen MR) is 54.8 cm³/mol. The van der Waals surface area contributed by atoms with Crippen molar-refractivity contribution in [2.24, 2.45) is 11.8 Å². The molecule has 1 unspecified atom stereocenters. The molecular formula is C12H18O2. The number of hydrogen-bond acceptors (Lipinski definition) is 2. The van der Waals surface area contributed by atoms with E-state index in [2.05, 4.69) is 6.08 Å². The van der Waals surface area contributed by atoms with E-state index in [9.17, 15) is 4.79 Å². The smallest absolute Gasteiger partial charge is 0.144 e. The van der Waals surface area contributed by atoms with Crippen molar-refractivity contribution >= 4 is 5.78 Å². The molecule has 0 aromatic heterocycles. The number of ketones is 1. The van der Waals surface area contributed by atoms with Crippen LogP contribution in [0.1, 0.15) is 38.5 Å². The van der Waals surface area contributed by atoms with Gasteiger partial charge in [0.1, 0.15) is 11.5 Å². The van der Waals surface area contributed by atoms with Gasteiger partial charge in [-0.05, 0) is 31.3 Å². The average Bonchev–Trinajstić information content (AvgIpc) is 2.70. The van der Waals surface area contributed by atoms with E-state index in [0.717, 1.165) is 12.2 Å². The van der Waals surface area contributed by atoms with Crippen molar-refractivity contribution in [3.63, 3.8) is 0 Å². The third-order valence-electron chi connectivity index (χ3n) is 3.50. The van der Waals surface area contributed by atoms with Gasteiger partial charge in [-0.3, -0.25) is 4.79 Å². The lowest BCUT2D eigenvalue weighted by atomic mass is 9.81. The van der Waals surface area contributed by atoms with E-state index in [1.807, 2.05) is 0 Å². The maximum absolute atomic E-state index is 11.8. The fourth-order valence-electron chi connectivity index (χ4n) is 2.79. The molecule has 2 heteroatoms. The lowest BCUT2D eigenvalue weighted by Gasteiger charge is -2.26. The van der Waals surface area contributed by atoms with Gasteiger partial charge in [-0.25, -0.2) is 0 Å². The highest BCUT2D eigenvalue weighted by molar-refractivity contribution is 5.84. The van der Waals surface area contributed by atoms with Crippen LogP contribution in [0.5, 0.6) is 0 Å². The molecule has 2 nitrogen and oxygen atoms in total. The summed E-state index contributed by atoms with van der Waals surface area (Å²) in [4.78, 5) is 11.8. The molecule has 0 amide bonds. The van der Waals surface area contributed by atoms with Gasteiger partial charge in [0.2, 0.25) is 0 Å². The molecule has 1 fully saturated rings. The van der Waals surface area contributed by atoms with Crippen LogP contribution in [0.25, 0.3) is 0 Å². The zero-order valence-electron chi connectivity index (χ0n) is 8.79. The lowest BCUT2D eigenvalue weighted by Crippen LogP contribution is -2.27. The van der Waals surface area contributed by atoms with Crippen LogP contribution in [0.2, 0.25) is 0 Å². The summed E-state index contributed by atoms with van der Waals surface area (Å²) in [5, 5.41) is 0. The molecule has 0 aromatic carbocycles. The number of carbonyl (C=O) groups is 1. The molecule has 0 aromatic rings. The minimum absolute atomic E-state index is 0.0937. The monoisotopic (exact) mass is 194 g/mol. The van der Waals surface area contributed by atoms with Crippen molar-refractivity contribution in [3.05, 3.63) is 11.8 Å². The van der Waals surface area contributed by atoms with Crippen LogP contribution >= 0.6 is 0 Å². The Bertz CT molecular complexity index is 249. The molecule has 2 rings (SSSR count). The predicted octanol–water partition coefficient (Wildman–Crippen LogP) is 2.69. The summed E-state index contributed by atoms with van der Waals surface area (Å²) < 4.78 is 5.33. The van der Waals surface area contributed by atoms with Gasteiger partial charge < -0.3 is 4.74 Å². The number of carbonyl (C=O) groups excluding carboxylic acids is 1. The molecule has 0 saturated heterocycles. The summed E-state index contributed by atoms with van der Waals surface area (Å²) in [6, 6.07) is 0. The highest BCUT2D eigenvalue weighted by atomic mass is 16.5. The number of Topliss-reactive ketones (excluding diaryl/α,β-unsaturated/α-hetero) is 1. The van der Waals surface area contributed by atoms with Crippen LogP contribution in [-0.4, -0.2) is 12.9 Å². The average molecular weight is 194 g/mol. The van der Waals surface area contributed by atoms with E-state index >= 15 is 0 Å². The first kappa shape index (κ1) is 9.75. The van der Waals surface area contributed by atoms with Crippen LogP contribution in [0.15, 0.2) is 11.8 Å². The molecule has 14 heavy (non-hydrogen) atoms. The van der Waals surface area contributed by atoms with Gasteiger partial charge in [0.25, 0.3) is 0 Å². The number of ether oxygens (including phenoxy) is 1. The van der Waals surface area contributed by atoms with Gasteiger partial charge in [0, 0.05) is 6.42 Å². The van der Waals surface area contributed by atoms with Gasteiger partial charge in [-0.1, -0.05) is 12.8 Å². The van der Waals surface area contributed by atoms with Gasteiger partial charge in [0.05, 0.1) is 13.0 Å². The summed E-state index contributed by atoms with van der Waals surface area (Å²) in [5.41, 5.74) is 0. The topological polar surface area (TPSA) is 26.3 Å². The van der Waals surface area contributed by atoms with Crippen LogP contribution in [0.4, 0.5) is 0 Å². The molecule has 78 valence electrons. The summed E-state index contributed by atoms with van der Waals surface area (Å²) in [6.07, 6.45) is 8.66. The summed E-state index contributed by atoms with van der Waals surface area (Å²) >= 11 is 0. The first-order valence-electron chi connectivity index (χ1n) is 5.59. The molecule has 2 aliphatic carbocycles. The van der Waals surface area contributed by atoms with Crippen molar-refractivity contribution in [2.75, 3.05) is 7.11 Å². The molecule has 0 heterocycles. The SMILES string of the molecule is COC1=CCCC(=O)C1C1CCCC1. The van der Waals surface area contributed by atoms with E-state index in [1.165, 1.54) is 25.7 Å². The van der Waals surface area contributed by atoms with Gasteiger partial charge in [-0.15, -0.1) is 0 Å². The van der Waals surface area contributed by atoms with E-state index in [4.69, 9.17) is 4.74 Å². The van der Waals surface area contributed by atoms with Crippen LogP contribution < -0.4 is 0 Å². The third kappa shape index (κ3) is 1.70. The Morgan fingerprint density at radius 1 is 1.36 bits per heavy atom. The van der Waals surface area contributed by atoms with Gasteiger partial charge in [0.15, 0.2) is 0 Å². The highest BCUT2D eigenvalue weighted by Crippen LogP contribution is 2.38. The molecule has 0 radical (unpaired) electrons. The van der Waals surface area contributed by atoms with Crippen molar-refractivity contribution in [1.82, 2.24) is 0 Å². The summed E-state index contributed by atoms with van der Waals surface area (Å²) in [5.74, 6) is 2.00. The summed E-state index contributed by atoms with van der Waals surface area (Å²) in [6.45, 7) is 0. The molecular weight excluding hydrogens is 176 g/mol. The minimum atomic E-state index is 0.0937. The molecule has 0 spiro atoms. The van der Waals surface area contributed by atoms with Crippen LogP contribution in [-0.2, 0) is 9.53 Å². The first-order chi connectivity index (χ1) is 6.83. The Morgan fingerprint density at radius 3 is 2.71 bits per heavy atom. The Kier molecular flexibility index (Phi) is 2.90. The maximum atomic E-state index is 11.8. The summed E-state index contributed by atoms with van der Waals surface area (Å²) in [7, 11) is 1.69. The second-order valence-electron chi connectivity index (χ2n) is 4.34. The zero-order chi connectivity index (χ0) is 9.97. The van der Waals surface area contributed by atoms with Crippen LogP contribution in [0.3, 0.4) is 0 Å². The fraction of sp³-hybridized carbons (Fsp3) is 0.750. The van der Waals surface area contributed by atoms with Gasteiger partial charge in [-0.2, -0.15) is 0 Å². The number of methoxy groups -OCH3 is 1. The molecule has 0 bridgehead atoms. The molecule has 1 atom stereocenters. The maximum Gasteiger partial charge on any atom is 0.144 e.